The highest BCUT2D eigenvalue weighted by Gasteiger charge is 2.50. The van der Waals surface area contributed by atoms with Gasteiger partial charge in [0.2, 0.25) is 0 Å². The van der Waals surface area contributed by atoms with Gasteiger partial charge in [-0.05, 0) is 107 Å². The van der Waals surface area contributed by atoms with Gasteiger partial charge in [-0.1, -0.05) is 43.7 Å². The Kier molecular flexibility index (Phi) is 7.37. The van der Waals surface area contributed by atoms with Crippen molar-refractivity contribution in [3.8, 4) is 0 Å². The molecule has 3 saturated carbocycles. The zero-order valence-electron chi connectivity index (χ0n) is 19.7. The Morgan fingerprint density at radius 2 is 1.90 bits per heavy atom. The molecule has 3 aliphatic carbocycles. The van der Waals surface area contributed by atoms with Gasteiger partial charge in [0.15, 0.2) is 0 Å². The molecule has 3 nitrogen and oxygen atoms in total. The number of fused-ring (bicyclic) bond motifs is 1. The molecule has 0 spiro atoms. The molecule has 0 heterocycles. The fourth-order valence-electron chi connectivity index (χ4n) is 6.58. The molecule has 0 saturated heterocycles. The molecule has 6 atom stereocenters. The summed E-state index contributed by atoms with van der Waals surface area (Å²) in [4.78, 5) is 0. The van der Waals surface area contributed by atoms with Gasteiger partial charge in [-0.3, -0.25) is 0 Å². The van der Waals surface area contributed by atoms with Crippen LogP contribution in [0.5, 0.6) is 0 Å². The Morgan fingerprint density at radius 1 is 1.17 bits per heavy atom. The normalized spacial score (nSPS) is 37.4. The first-order chi connectivity index (χ1) is 14.0. The van der Waals surface area contributed by atoms with Gasteiger partial charge < -0.3 is 15.3 Å². The third-order valence-corrected chi connectivity index (χ3v) is 8.62. The van der Waals surface area contributed by atoms with Crippen LogP contribution in [0.1, 0.15) is 91.9 Å². The molecule has 30 heavy (non-hydrogen) atoms. The summed E-state index contributed by atoms with van der Waals surface area (Å²) >= 11 is 0. The average molecular weight is 417 g/mol. The number of aliphatic hydroxyl groups is 3. The van der Waals surface area contributed by atoms with Crippen molar-refractivity contribution in [3.05, 3.63) is 35.5 Å². The van der Waals surface area contributed by atoms with Crippen LogP contribution in [-0.4, -0.2) is 33.1 Å². The van der Waals surface area contributed by atoms with Crippen LogP contribution in [0.2, 0.25) is 0 Å². The molecule has 0 aromatic rings. The van der Waals surface area contributed by atoms with Gasteiger partial charge in [0.1, 0.15) is 0 Å². The van der Waals surface area contributed by atoms with Crippen LogP contribution in [0.25, 0.3) is 0 Å². The third kappa shape index (κ3) is 5.11. The molecular formula is C27H44O3. The van der Waals surface area contributed by atoms with Crippen molar-refractivity contribution in [1.29, 1.82) is 0 Å². The van der Waals surface area contributed by atoms with Gasteiger partial charge in [-0.2, -0.15) is 0 Å². The summed E-state index contributed by atoms with van der Waals surface area (Å²) in [6.45, 7) is 12.5. The fraction of sp³-hybridized carbons (Fsp3) is 0.778. The summed E-state index contributed by atoms with van der Waals surface area (Å²) in [5.41, 5.74) is 3.34. The molecule has 0 radical (unpaired) electrons. The monoisotopic (exact) mass is 416 g/mol. The molecule has 3 rings (SSSR count). The summed E-state index contributed by atoms with van der Waals surface area (Å²) in [6, 6.07) is 0. The molecule has 170 valence electrons. The van der Waals surface area contributed by atoms with Crippen LogP contribution in [0.3, 0.4) is 0 Å². The van der Waals surface area contributed by atoms with Crippen molar-refractivity contribution in [3.63, 3.8) is 0 Å². The number of hydrogen-bond donors (Lipinski definition) is 3. The van der Waals surface area contributed by atoms with Crippen molar-refractivity contribution in [2.24, 2.45) is 23.2 Å². The maximum Gasteiger partial charge on any atom is 0.0849 e. The Labute approximate surface area is 184 Å². The van der Waals surface area contributed by atoms with Crippen LogP contribution >= 0.6 is 0 Å². The zero-order valence-corrected chi connectivity index (χ0v) is 19.7. The highest BCUT2D eigenvalue weighted by molar-refractivity contribution is 5.36. The van der Waals surface area contributed by atoms with Crippen LogP contribution in [-0.2, 0) is 0 Å². The Bertz CT molecular complexity index is 683. The first-order valence-electron chi connectivity index (χ1n) is 12.2. The molecule has 1 unspecified atom stereocenters. The van der Waals surface area contributed by atoms with E-state index in [0.717, 1.165) is 25.7 Å². The van der Waals surface area contributed by atoms with Gasteiger partial charge in [0.25, 0.3) is 0 Å². The van der Waals surface area contributed by atoms with Crippen molar-refractivity contribution in [1.82, 2.24) is 0 Å². The first kappa shape index (κ1) is 23.8. The number of hydrogen-bond acceptors (Lipinski definition) is 3. The second-order valence-electron chi connectivity index (χ2n) is 11.3. The lowest BCUT2D eigenvalue weighted by molar-refractivity contribution is -0.0554. The van der Waals surface area contributed by atoms with Crippen molar-refractivity contribution in [2.75, 3.05) is 0 Å². The van der Waals surface area contributed by atoms with Crippen molar-refractivity contribution >= 4 is 0 Å². The van der Waals surface area contributed by atoms with Crippen molar-refractivity contribution < 1.29 is 15.3 Å². The lowest BCUT2D eigenvalue weighted by atomic mass is 9.60. The molecule has 3 fully saturated rings. The molecule has 0 bridgehead atoms. The minimum Gasteiger partial charge on any atom is -0.393 e. The average Bonchev–Trinajstić information content (AvgIpc) is 3.03. The zero-order chi connectivity index (χ0) is 22.1. The topological polar surface area (TPSA) is 60.7 Å². The Balaban J connectivity index is 1.69. The second-order valence-corrected chi connectivity index (χ2v) is 11.3. The first-order valence-corrected chi connectivity index (χ1v) is 12.2. The lowest BCUT2D eigenvalue weighted by Crippen LogP contribution is -2.38. The Morgan fingerprint density at radius 3 is 2.60 bits per heavy atom. The summed E-state index contributed by atoms with van der Waals surface area (Å²) in [5, 5.41) is 30.3. The lowest BCUT2D eigenvalue weighted by Gasteiger charge is -2.44. The van der Waals surface area contributed by atoms with E-state index in [9.17, 15) is 15.3 Å². The fourth-order valence-corrected chi connectivity index (χ4v) is 6.58. The number of allylic oxidation sites excluding steroid dienone is 4. The third-order valence-electron chi connectivity index (χ3n) is 8.62. The van der Waals surface area contributed by atoms with Gasteiger partial charge in [-0.25, -0.2) is 0 Å². The minimum absolute atomic E-state index is 0.215. The molecule has 3 N–H and O–H groups in total. The van der Waals surface area contributed by atoms with E-state index in [-0.39, 0.29) is 6.10 Å². The van der Waals surface area contributed by atoms with E-state index < -0.39 is 11.7 Å². The quantitative estimate of drug-likeness (QED) is 0.520. The van der Waals surface area contributed by atoms with Crippen molar-refractivity contribution in [2.45, 2.75) is 110 Å². The van der Waals surface area contributed by atoms with Crippen LogP contribution in [0.4, 0.5) is 0 Å². The highest BCUT2D eigenvalue weighted by atomic mass is 16.3. The SMILES string of the molecule is C=C1CC[C@H](O)CC1=C/C=C1\CCC[C@@]2(C)C1CC[C@@H]2[C@H](C)CC[C@@H](O)C(C)(C)O. The Hall–Kier alpha value is -0.900. The summed E-state index contributed by atoms with van der Waals surface area (Å²) in [5.74, 6) is 1.89. The number of rotatable bonds is 6. The van der Waals surface area contributed by atoms with Gasteiger partial charge in [0.05, 0.1) is 17.8 Å². The molecule has 0 amide bonds. The predicted molar refractivity (Wildman–Crippen MR) is 124 cm³/mol. The van der Waals surface area contributed by atoms with Crippen LogP contribution in [0, 0.1) is 23.2 Å². The van der Waals surface area contributed by atoms with E-state index in [0.29, 0.717) is 29.6 Å². The standard InChI is InChI=1S/C27H44O3/c1-18-8-12-22(28)17-21(18)11-10-20-7-6-16-27(5)23(13-14-24(20)27)19(2)9-15-25(29)26(3,4)30/h10-11,19,22-25,28-30H,1,6-9,12-17H2,2-5H3/b20-10+,21-11?/t19-,22+,23-,24?,25-,27-/m1/s1. The van der Waals surface area contributed by atoms with E-state index in [1.807, 2.05) is 0 Å². The molecule has 0 aliphatic heterocycles. The van der Waals surface area contributed by atoms with E-state index in [2.05, 4.69) is 32.6 Å². The van der Waals surface area contributed by atoms with Gasteiger partial charge in [0, 0.05) is 0 Å². The molecular weight excluding hydrogens is 372 g/mol. The highest BCUT2D eigenvalue weighted by Crippen LogP contribution is 2.60. The minimum atomic E-state index is -1.02. The molecule has 3 heteroatoms. The summed E-state index contributed by atoms with van der Waals surface area (Å²) in [6.07, 6.45) is 14.1. The maximum atomic E-state index is 10.3. The van der Waals surface area contributed by atoms with Crippen LogP contribution in [0.15, 0.2) is 35.5 Å². The largest absolute Gasteiger partial charge is 0.393 e. The van der Waals surface area contributed by atoms with Gasteiger partial charge >= 0.3 is 0 Å². The smallest absolute Gasteiger partial charge is 0.0849 e. The molecule has 3 aliphatic rings. The predicted octanol–water partition coefficient (Wildman–Crippen LogP) is 5.70. The van der Waals surface area contributed by atoms with E-state index >= 15 is 0 Å². The second kappa shape index (κ2) is 9.30. The molecule has 0 aromatic heterocycles. The maximum absolute atomic E-state index is 10.3. The van der Waals surface area contributed by atoms with E-state index in [1.54, 1.807) is 19.4 Å². The summed E-state index contributed by atoms with van der Waals surface area (Å²) in [7, 11) is 0. The molecule has 0 aromatic carbocycles. The van der Waals surface area contributed by atoms with Gasteiger partial charge in [-0.15, -0.1) is 0 Å². The summed E-state index contributed by atoms with van der Waals surface area (Å²) < 4.78 is 0. The van der Waals surface area contributed by atoms with Crippen LogP contribution < -0.4 is 0 Å². The number of aliphatic hydroxyl groups excluding tert-OH is 2. The van der Waals surface area contributed by atoms with E-state index in [4.69, 9.17) is 0 Å². The van der Waals surface area contributed by atoms with E-state index in [1.165, 1.54) is 43.3 Å².